The van der Waals surface area contributed by atoms with Gasteiger partial charge in [-0.3, -0.25) is 24.0 Å². The maximum absolute atomic E-state index is 14.3. The van der Waals surface area contributed by atoms with E-state index >= 15 is 0 Å². The van der Waals surface area contributed by atoms with Crippen LogP contribution in [0.15, 0.2) is 36.5 Å². The van der Waals surface area contributed by atoms with Gasteiger partial charge in [-0.15, -0.1) is 0 Å². The molecular formula is C37H57N7O6S2. The zero-order valence-electron chi connectivity index (χ0n) is 31.6. The zero-order valence-corrected chi connectivity index (χ0v) is 33.4. The SMILES string of the molecule is CCC(C)CC(NC(=O)C(C)C(S)NC(=O)C(CC(C)C)NC(=O)C(C)(CCc1ccccc1)C(S)NC(=O)c1cnc(N)n1C)C(=O)C1(C)CO1. The Morgan fingerprint density at radius 2 is 1.62 bits per heavy atom. The lowest BCUT2D eigenvalue weighted by molar-refractivity contribution is -0.136. The van der Waals surface area contributed by atoms with Crippen molar-refractivity contribution >= 4 is 60.6 Å². The van der Waals surface area contributed by atoms with Gasteiger partial charge in [0, 0.05) is 7.05 Å². The van der Waals surface area contributed by atoms with Crippen molar-refractivity contribution in [3.05, 3.63) is 47.8 Å². The van der Waals surface area contributed by atoms with Gasteiger partial charge in [0.25, 0.3) is 5.91 Å². The second kappa shape index (κ2) is 18.5. The summed E-state index contributed by atoms with van der Waals surface area (Å²) in [5.74, 6) is -2.61. The molecule has 6 N–H and O–H groups in total. The van der Waals surface area contributed by atoms with E-state index in [1.165, 1.54) is 10.8 Å². The smallest absolute Gasteiger partial charge is 0.270 e. The molecule has 0 bridgehead atoms. The van der Waals surface area contributed by atoms with Gasteiger partial charge in [0.1, 0.15) is 17.3 Å². The maximum atomic E-state index is 14.3. The van der Waals surface area contributed by atoms with E-state index in [0.29, 0.717) is 19.4 Å². The third kappa shape index (κ3) is 11.2. The van der Waals surface area contributed by atoms with Crippen molar-refractivity contribution in [2.24, 2.45) is 30.2 Å². The van der Waals surface area contributed by atoms with Crippen LogP contribution in [0.1, 0.15) is 90.2 Å². The molecule has 15 heteroatoms. The standard InChI is InChI=1S/C37H57N7O6S2/c1-9-22(4)18-25(28(45)37(7)20-50-37)40-29(46)23(5)32(51)42-30(47)26(17-21(2)3)41-33(49)36(6,16-15-24-13-11-10-12-14-24)34(52)43-31(48)27-19-39-35(38)44(27)8/h10-14,19,21-23,25-26,32,34,51-52H,9,15-18,20H2,1-8H3,(H2,38,39)(H,40,46)(H,41,49)(H,42,47)(H,43,48). The highest BCUT2D eigenvalue weighted by atomic mass is 32.1. The lowest BCUT2D eigenvalue weighted by atomic mass is 9.81. The molecule has 1 aromatic carbocycles. The summed E-state index contributed by atoms with van der Waals surface area (Å²) in [4.78, 5) is 71.9. The van der Waals surface area contributed by atoms with Crippen LogP contribution < -0.4 is 27.0 Å². The monoisotopic (exact) mass is 759 g/mol. The molecule has 3 rings (SSSR count). The topological polar surface area (TPSA) is 190 Å². The fourth-order valence-corrected chi connectivity index (χ4v) is 6.31. The number of nitrogens with one attached hydrogen (secondary N) is 4. The van der Waals surface area contributed by atoms with Crippen molar-refractivity contribution < 1.29 is 28.7 Å². The highest BCUT2D eigenvalue weighted by Gasteiger charge is 2.50. The van der Waals surface area contributed by atoms with E-state index in [4.69, 9.17) is 23.1 Å². The maximum Gasteiger partial charge on any atom is 0.270 e. The summed E-state index contributed by atoms with van der Waals surface area (Å²) in [5.41, 5.74) is 4.82. The quantitative estimate of drug-likeness (QED) is 0.0607. The lowest BCUT2D eigenvalue weighted by Gasteiger charge is -2.36. The molecule has 52 heavy (non-hydrogen) atoms. The summed E-state index contributed by atoms with van der Waals surface area (Å²) < 4.78 is 6.80. The molecule has 1 fully saturated rings. The number of aryl methyl sites for hydroxylation is 1. The first kappa shape index (κ1) is 42.8. The van der Waals surface area contributed by atoms with Crippen molar-refractivity contribution in [2.75, 3.05) is 12.3 Å². The number of thiol groups is 2. The van der Waals surface area contributed by atoms with Crippen LogP contribution in [0.5, 0.6) is 0 Å². The number of nitrogen functional groups attached to an aromatic ring is 1. The Kier molecular flexibility index (Phi) is 15.2. The highest BCUT2D eigenvalue weighted by Crippen LogP contribution is 2.32. The van der Waals surface area contributed by atoms with Crippen LogP contribution in [0.25, 0.3) is 0 Å². The van der Waals surface area contributed by atoms with Gasteiger partial charge in [-0.1, -0.05) is 71.4 Å². The number of amides is 4. The Bertz CT molecular complexity index is 1570. The van der Waals surface area contributed by atoms with Gasteiger partial charge in [-0.05, 0) is 56.9 Å². The number of hydrogen-bond donors (Lipinski definition) is 7. The number of epoxide rings is 1. The van der Waals surface area contributed by atoms with Gasteiger partial charge in [0.05, 0.1) is 40.9 Å². The van der Waals surface area contributed by atoms with Crippen LogP contribution in [0.3, 0.4) is 0 Å². The van der Waals surface area contributed by atoms with Gasteiger partial charge in [-0.25, -0.2) is 4.98 Å². The summed E-state index contributed by atoms with van der Waals surface area (Å²) in [6, 6.07) is 7.88. The average molecular weight is 760 g/mol. The number of aromatic nitrogens is 2. The number of nitrogens with two attached hydrogens (primary N) is 1. The summed E-state index contributed by atoms with van der Waals surface area (Å²) in [5, 5.41) is 9.51. The number of hydrogen-bond acceptors (Lipinski definition) is 10. The molecule has 288 valence electrons. The fraction of sp³-hybridized carbons (Fsp3) is 0.622. The predicted octanol–water partition coefficient (Wildman–Crippen LogP) is 3.45. The van der Waals surface area contributed by atoms with Crippen LogP contribution in [0.4, 0.5) is 5.95 Å². The number of ether oxygens (including phenoxy) is 1. The summed E-state index contributed by atoms with van der Waals surface area (Å²) in [6.07, 6.45) is 3.71. The molecule has 2 aromatic rings. The molecule has 0 aliphatic carbocycles. The Balaban J connectivity index is 1.77. The van der Waals surface area contributed by atoms with Crippen LogP contribution in [0.2, 0.25) is 0 Å². The van der Waals surface area contributed by atoms with Gasteiger partial charge >= 0.3 is 0 Å². The van der Waals surface area contributed by atoms with Gasteiger partial charge in [0.15, 0.2) is 11.7 Å². The van der Waals surface area contributed by atoms with Crippen molar-refractivity contribution in [3.63, 3.8) is 0 Å². The van der Waals surface area contributed by atoms with E-state index in [2.05, 4.69) is 38.9 Å². The second-order valence-corrected chi connectivity index (χ2v) is 16.0. The molecule has 1 saturated heterocycles. The second-order valence-electron chi connectivity index (χ2n) is 14.9. The van der Waals surface area contributed by atoms with E-state index in [0.717, 1.165) is 12.0 Å². The minimum absolute atomic E-state index is 0.00542. The Morgan fingerprint density at radius 3 is 2.15 bits per heavy atom. The first-order chi connectivity index (χ1) is 24.3. The van der Waals surface area contributed by atoms with Crippen LogP contribution in [0, 0.1) is 23.2 Å². The summed E-state index contributed by atoms with van der Waals surface area (Å²) >= 11 is 9.29. The Morgan fingerprint density at radius 1 is 0.981 bits per heavy atom. The van der Waals surface area contributed by atoms with Crippen molar-refractivity contribution in [1.29, 1.82) is 0 Å². The number of rotatable bonds is 20. The highest BCUT2D eigenvalue weighted by molar-refractivity contribution is 7.81. The minimum atomic E-state index is -1.29. The third-order valence-electron chi connectivity index (χ3n) is 10.00. The fourth-order valence-electron chi connectivity index (χ4n) is 5.68. The predicted molar refractivity (Wildman–Crippen MR) is 208 cm³/mol. The number of benzene rings is 1. The molecular weight excluding hydrogens is 703 g/mol. The number of ketones is 1. The van der Waals surface area contributed by atoms with Crippen molar-refractivity contribution in [2.45, 2.75) is 109 Å². The molecule has 1 aromatic heterocycles. The molecule has 13 nitrogen and oxygen atoms in total. The normalized spacial score (nSPS) is 20.0. The summed E-state index contributed by atoms with van der Waals surface area (Å²) in [6.45, 7) is 13.2. The van der Waals surface area contributed by atoms with Crippen LogP contribution >= 0.6 is 25.3 Å². The molecule has 1 aliphatic heterocycles. The minimum Gasteiger partial charge on any atom is -0.369 e. The number of nitrogens with zero attached hydrogens (tertiary/aromatic N) is 2. The number of carbonyl (C=O) groups excluding carboxylic acids is 5. The zero-order chi connectivity index (χ0) is 39.0. The van der Waals surface area contributed by atoms with Crippen LogP contribution in [-0.2, 0) is 37.4 Å². The molecule has 0 radical (unpaired) electrons. The number of carbonyl (C=O) groups is 5. The molecule has 1 aliphatic rings. The Hall–Kier alpha value is -3.56. The first-order valence-electron chi connectivity index (χ1n) is 17.9. The van der Waals surface area contributed by atoms with Crippen molar-refractivity contribution in [3.8, 4) is 0 Å². The van der Waals surface area contributed by atoms with Gasteiger partial charge in [0.2, 0.25) is 17.7 Å². The van der Waals surface area contributed by atoms with E-state index in [9.17, 15) is 24.0 Å². The van der Waals surface area contributed by atoms with E-state index in [1.54, 1.807) is 27.8 Å². The molecule has 2 heterocycles. The third-order valence-corrected chi connectivity index (χ3v) is 11.3. The number of imidazole rings is 1. The lowest BCUT2D eigenvalue weighted by Crippen LogP contribution is -2.58. The number of anilines is 1. The molecule has 8 unspecified atom stereocenters. The first-order valence-corrected chi connectivity index (χ1v) is 18.9. The largest absolute Gasteiger partial charge is 0.369 e. The van der Waals surface area contributed by atoms with E-state index in [1.807, 2.05) is 58.0 Å². The molecule has 0 spiro atoms. The van der Waals surface area contributed by atoms with Gasteiger partial charge in [-0.2, -0.15) is 25.3 Å². The number of Topliss-reactive ketones (excluding diaryl/α,β-unsaturated/α-hetero) is 1. The molecule has 0 saturated carbocycles. The molecule has 8 atom stereocenters. The average Bonchev–Trinajstić information content (AvgIpc) is 3.77. The van der Waals surface area contributed by atoms with Crippen LogP contribution in [-0.4, -0.2) is 74.0 Å². The Labute approximate surface area is 318 Å². The molecule has 4 amide bonds. The summed E-state index contributed by atoms with van der Waals surface area (Å²) in [7, 11) is 1.61. The van der Waals surface area contributed by atoms with Gasteiger partial charge < -0.3 is 36.3 Å². The van der Waals surface area contributed by atoms with Crippen molar-refractivity contribution in [1.82, 2.24) is 30.8 Å². The van der Waals surface area contributed by atoms with E-state index in [-0.39, 0.29) is 42.1 Å². The van der Waals surface area contributed by atoms with E-state index < -0.39 is 63.4 Å².